The number of hydrogen-bond donors (Lipinski definition) is 2. The third-order valence-corrected chi connectivity index (χ3v) is 6.29. The summed E-state index contributed by atoms with van der Waals surface area (Å²) in [5.74, 6) is 0.536. The van der Waals surface area contributed by atoms with Crippen LogP contribution in [0.3, 0.4) is 0 Å². The van der Waals surface area contributed by atoms with Crippen molar-refractivity contribution in [1.82, 2.24) is 4.98 Å². The number of benzene rings is 2. The van der Waals surface area contributed by atoms with E-state index in [9.17, 15) is 4.79 Å². The van der Waals surface area contributed by atoms with Crippen molar-refractivity contribution in [1.29, 1.82) is 0 Å². The predicted octanol–water partition coefficient (Wildman–Crippen LogP) is 6.40. The van der Waals surface area contributed by atoms with Gasteiger partial charge in [0.15, 0.2) is 0 Å². The molecule has 4 aromatic rings. The number of rotatable bonds is 5. The van der Waals surface area contributed by atoms with Gasteiger partial charge in [0.2, 0.25) is 0 Å². The van der Waals surface area contributed by atoms with Crippen molar-refractivity contribution in [3.63, 3.8) is 0 Å². The Labute approximate surface area is 178 Å². The van der Waals surface area contributed by atoms with Crippen LogP contribution in [0.1, 0.15) is 24.1 Å². The maximum Gasteiger partial charge on any atom is 0.253 e. The third kappa shape index (κ3) is 3.76. The minimum absolute atomic E-state index is 0.169. The fraction of sp³-hybridized carbons (Fsp3) is 0.174. The standard InChI is InChI=1S/C23H21ClN2O2S/c1-13-11-29-12-19(13)15-5-4-6-17(9-15)25-14(2)18-10-16-7-8-20(28-3)21(24)22(16)26-23(18)27/h4-12,14,25H,1-3H3,(H,26,27)/t14-/m0/s1. The molecule has 0 aliphatic rings. The summed E-state index contributed by atoms with van der Waals surface area (Å²) in [6, 6.07) is 13.7. The van der Waals surface area contributed by atoms with E-state index in [4.69, 9.17) is 16.3 Å². The molecule has 0 spiro atoms. The van der Waals surface area contributed by atoms with Gasteiger partial charge in [0.1, 0.15) is 10.8 Å². The van der Waals surface area contributed by atoms with E-state index in [1.807, 2.05) is 31.2 Å². The zero-order valence-electron chi connectivity index (χ0n) is 16.4. The molecule has 1 atom stereocenters. The molecule has 0 radical (unpaired) electrons. The number of nitrogens with one attached hydrogen (secondary N) is 2. The first-order valence-corrected chi connectivity index (χ1v) is 10.6. The Hall–Kier alpha value is -2.76. The SMILES string of the molecule is COc1ccc2cc([C@H](C)Nc3cccc(-c4cscc4C)c3)c(=O)[nH]c2c1Cl. The van der Waals surface area contributed by atoms with Crippen molar-refractivity contribution in [2.75, 3.05) is 12.4 Å². The molecule has 4 nitrogen and oxygen atoms in total. The van der Waals surface area contributed by atoms with E-state index in [2.05, 4.69) is 40.1 Å². The number of methoxy groups -OCH3 is 1. The average Bonchev–Trinajstić information content (AvgIpc) is 3.14. The van der Waals surface area contributed by atoms with Crippen LogP contribution in [0.4, 0.5) is 5.69 Å². The molecule has 148 valence electrons. The molecule has 0 aliphatic heterocycles. The van der Waals surface area contributed by atoms with Gasteiger partial charge in [-0.1, -0.05) is 23.7 Å². The van der Waals surface area contributed by atoms with Crippen LogP contribution in [0.2, 0.25) is 5.02 Å². The second kappa shape index (κ2) is 7.93. The number of aryl methyl sites for hydroxylation is 1. The molecule has 6 heteroatoms. The number of pyridine rings is 1. The molecule has 0 saturated carbocycles. The van der Waals surface area contributed by atoms with Crippen molar-refractivity contribution >= 4 is 39.5 Å². The van der Waals surface area contributed by atoms with Crippen molar-refractivity contribution in [3.05, 3.63) is 79.7 Å². The molecular formula is C23H21ClN2O2S. The minimum Gasteiger partial charge on any atom is -0.495 e. The lowest BCUT2D eigenvalue weighted by Gasteiger charge is -2.17. The average molecular weight is 425 g/mol. The first-order valence-electron chi connectivity index (χ1n) is 9.27. The van der Waals surface area contributed by atoms with Crippen LogP contribution in [0.15, 0.2) is 58.0 Å². The van der Waals surface area contributed by atoms with Crippen LogP contribution >= 0.6 is 22.9 Å². The van der Waals surface area contributed by atoms with Crippen molar-refractivity contribution < 1.29 is 4.74 Å². The van der Waals surface area contributed by atoms with Crippen LogP contribution < -0.4 is 15.6 Å². The van der Waals surface area contributed by atoms with Gasteiger partial charge in [0.25, 0.3) is 5.56 Å². The molecule has 29 heavy (non-hydrogen) atoms. The molecule has 0 unspecified atom stereocenters. The highest BCUT2D eigenvalue weighted by atomic mass is 35.5. The molecule has 2 aromatic carbocycles. The van der Waals surface area contributed by atoms with Gasteiger partial charge >= 0.3 is 0 Å². The van der Waals surface area contributed by atoms with Crippen molar-refractivity contribution in [2.24, 2.45) is 0 Å². The topological polar surface area (TPSA) is 54.1 Å². The summed E-state index contributed by atoms with van der Waals surface area (Å²) in [5.41, 5.74) is 5.69. The molecule has 0 bridgehead atoms. The first kappa shape index (κ1) is 19.6. The zero-order valence-corrected chi connectivity index (χ0v) is 17.9. The van der Waals surface area contributed by atoms with Gasteiger partial charge < -0.3 is 15.0 Å². The van der Waals surface area contributed by atoms with E-state index in [0.717, 1.165) is 16.6 Å². The maximum absolute atomic E-state index is 12.7. The van der Waals surface area contributed by atoms with E-state index in [1.165, 1.54) is 11.1 Å². The molecular weight excluding hydrogens is 404 g/mol. The van der Waals surface area contributed by atoms with E-state index in [0.29, 0.717) is 21.9 Å². The summed E-state index contributed by atoms with van der Waals surface area (Å²) >= 11 is 8.04. The normalized spacial score (nSPS) is 12.1. The second-order valence-electron chi connectivity index (χ2n) is 7.02. The second-order valence-corrected chi connectivity index (χ2v) is 8.14. The molecule has 0 saturated heterocycles. The molecule has 0 fully saturated rings. The van der Waals surface area contributed by atoms with Crippen molar-refractivity contribution in [2.45, 2.75) is 19.9 Å². The van der Waals surface area contributed by atoms with Crippen LogP contribution in [0.5, 0.6) is 5.75 Å². The minimum atomic E-state index is -0.178. The number of thiophene rings is 1. The quantitative estimate of drug-likeness (QED) is 0.389. The van der Waals surface area contributed by atoms with Crippen molar-refractivity contribution in [3.8, 4) is 16.9 Å². The highest BCUT2D eigenvalue weighted by molar-refractivity contribution is 7.08. The maximum atomic E-state index is 12.7. The molecule has 0 amide bonds. The summed E-state index contributed by atoms with van der Waals surface area (Å²) in [7, 11) is 1.55. The van der Waals surface area contributed by atoms with Gasteiger partial charge in [-0.2, -0.15) is 11.3 Å². The fourth-order valence-corrected chi connectivity index (χ4v) is 4.63. The van der Waals surface area contributed by atoms with E-state index < -0.39 is 0 Å². The molecule has 2 N–H and O–H groups in total. The van der Waals surface area contributed by atoms with Gasteiger partial charge in [-0.3, -0.25) is 4.79 Å². The number of aromatic amines is 1. The number of H-pyrrole nitrogens is 1. The largest absolute Gasteiger partial charge is 0.495 e. The van der Waals surface area contributed by atoms with Crippen LogP contribution in [-0.4, -0.2) is 12.1 Å². The lowest BCUT2D eigenvalue weighted by Crippen LogP contribution is -2.19. The molecule has 0 aliphatic carbocycles. The van der Waals surface area contributed by atoms with Crippen LogP contribution in [0.25, 0.3) is 22.0 Å². The summed E-state index contributed by atoms with van der Waals surface area (Å²) < 4.78 is 5.23. The molecule has 2 aromatic heterocycles. The van der Waals surface area contributed by atoms with E-state index >= 15 is 0 Å². The smallest absolute Gasteiger partial charge is 0.253 e. The van der Waals surface area contributed by atoms with Gasteiger partial charge in [0, 0.05) is 16.6 Å². The zero-order chi connectivity index (χ0) is 20.5. The molecule has 2 heterocycles. The highest BCUT2D eigenvalue weighted by Gasteiger charge is 2.14. The fourth-order valence-electron chi connectivity index (χ4n) is 3.48. The molecule has 4 rings (SSSR count). The Balaban J connectivity index is 1.66. The van der Waals surface area contributed by atoms with Crippen LogP contribution in [0, 0.1) is 6.92 Å². The summed E-state index contributed by atoms with van der Waals surface area (Å²) in [5, 5.41) is 9.02. The monoisotopic (exact) mass is 424 g/mol. The van der Waals surface area contributed by atoms with E-state index in [-0.39, 0.29) is 11.6 Å². The predicted molar refractivity (Wildman–Crippen MR) is 123 cm³/mol. The Kier molecular flexibility index (Phi) is 5.35. The Morgan fingerprint density at radius 1 is 1.17 bits per heavy atom. The first-order chi connectivity index (χ1) is 14.0. The number of anilines is 1. The van der Waals surface area contributed by atoms with Gasteiger partial charge in [0.05, 0.1) is 18.7 Å². The van der Waals surface area contributed by atoms with Gasteiger partial charge in [-0.25, -0.2) is 0 Å². The Morgan fingerprint density at radius 3 is 2.72 bits per heavy atom. The summed E-state index contributed by atoms with van der Waals surface area (Å²) in [4.78, 5) is 15.6. The lowest BCUT2D eigenvalue weighted by atomic mass is 10.0. The van der Waals surface area contributed by atoms with Crippen LogP contribution in [-0.2, 0) is 0 Å². The highest BCUT2D eigenvalue weighted by Crippen LogP contribution is 2.32. The Bertz CT molecular complexity index is 1250. The number of aromatic nitrogens is 1. The number of ether oxygens (including phenoxy) is 1. The number of hydrogen-bond acceptors (Lipinski definition) is 4. The Morgan fingerprint density at radius 2 is 2.00 bits per heavy atom. The number of halogens is 1. The summed E-state index contributed by atoms with van der Waals surface area (Å²) in [6.45, 7) is 4.09. The summed E-state index contributed by atoms with van der Waals surface area (Å²) in [6.07, 6.45) is 0. The van der Waals surface area contributed by atoms with Gasteiger partial charge in [-0.05, 0) is 71.6 Å². The van der Waals surface area contributed by atoms with Gasteiger partial charge in [-0.15, -0.1) is 0 Å². The van der Waals surface area contributed by atoms with E-state index in [1.54, 1.807) is 24.5 Å². The number of fused-ring (bicyclic) bond motifs is 1. The third-order valence-electron chi connectivity index (χ3n) is 5.05. The lowest BCUT2D eigenvalue weighted by molar-refractivity contribution is 0.415.